The number of carbonyl (C=O) groups excluding carboxylic acids is 2. The van der Waals surface area contributed by atoms with Gasteiger partial charge < -0.3 is 15.1 Å². The van der Waals surface area contributed by atoms with E-state index in [9.17, 15) is 9.59 Å². The van der Waals surface area contributed by atoms with Crippen LogP contribution in [0.3, 0.4) is 0 Å². The predicted molar refractivity (Wildman–Crippen MR) is 74.1 cm³/mol. The number of hydrogen-bond acceptors (Lipinski definition) is 3. The van der Waals surface area contributed by atoms with Crippen molar-refractivity contribution >= 4 is 11.8 Å². The molecule has 20 heavy (non-hydrogen) atoms. The highest BCUT2D eigenvalue weighted by molar-refractivity contribution is 5.96. The fraction of sp³-hybridized carbons (Fsp3) is 0.200. The van der Waals surface area contributed by atoms with Crippen LogP contribution in [0, 0.1) is 6.92 Å². The fourth-order valence-electron chi connectivity index (χ4n) is 1.71. The van der Waals surface area contributed by atoms with Crippen molar-refractivity contribution in [2.75, 3.05) is 6.54 Å². The van der Waals surface area contributed by atoms with Crippen molar-refractivity contribution < 1.29 is 14.0 Å². The van der Waals surface area contributed by atoms with Gasteiger partial charge in [-0.05, 0) is 31.2 Å². The minimum absolute atomic E-state index is 0.0620. The number of rotatable bonds is 5. The van der Waals surface area contributed by atoms with Crippen molar-refractivity contribution in [2.24, 2.45) is 0 Å². The van der Waals surface area contributed by atoms with Crippen LogP contribution in [0.4, 0.5) is 0 Å². The van der Waals surface area contributed by atoms with E-state index in [0.717, 1.165) is 5.56 Å². The van der Waals surface area contributed by atoms with Gasteiger partial charge in [-0.15, -0.1) is 0 Å². The molecule has 0 spiro atoms. The van der Waals surface area contributed by atoms with Gasteiger partial charge in [-0.3, -0.25) is 9.59 Å². The summed E-state index contributed by atoms with van der Waals surface area (Å²) in [5.74, 6) is 0.146. The molecule has 0 bridgehead atoms. The Kier molecular flexibility index (Phi) is 4.55. The van der Waals surface area contributed by atoms with Gasteiger partial charge in [0.1, 0.15) is 5.76 Å². The molecule has 0 fully saturated rings. The molecule has 0 aliphatic heterocycles. The van der Waals surface area contributed by atoms with Crippen LogP contribution in [0.15, 0.2) is 47.1 Å². The summed E-state index contributed by atoms with van der Waals surface area (Å²) >= 11 is 0. The van der Waals surface area contributed by atoms with Gasteiger partial charge in [-0.25, -0.2) is 0 Å². The summed E-state index contributed by atoms with van der Waals surface area (Å²) in [5.41, 5.74) is 1.55. The second-order valence-corrected chi connectivity index (χ2v) is 4.41. The molecule has 1 aromatic carbocycles. The van der Waals surface area contributed by atoms with Crippen molar-refractivity contribution in [1.82, 2.24) is 10.6 Å². The first kappa shape index (κ1) is 13.9. The van der Waals surface area contributed by atoms with Crippen LogP contribution >= 0.6 is 0 Å². The number of hydrogen-bond donors (Lipinski definition) is 2. The maximum atomic E-state index is 11.8. The van der Waals surface area contributed by atoms with Crippen LogP contribution in [0.25, 0.3) is 0 Å². The fourth-order valence-corrected chi connectivity index (χ4v) is 1.71. The van der Waals surface area contributed by atoms with Crippen LogP contribution in [0.5, 0.6) is 0 Å². The van der Waals surface area contributed by atoms with E-state index in [1.165, 1.54) is 0 Å². The maximum absolute atomic E-state index is 11.8. The average molecular weight is 272 g/mol. The lowest BCUT2D eigenvalue weighted by Gasteiger charge is -2.06. The zero-order valence-electron chi connectivity index (χ0n) is 11.2. The first-order chi connectivity index (χ1) is 9.65. The Morgan fingerprint density at radius 3 is 2.70 bits per heavy atom. The van der Waals surface area contributed by atoms with Gasteiger partial charge in [0, 0.05) is 5.56 Å². The summed E-state index contributed by atoms with van der Waals surface area (Å²) in [6.07, 6.45) is 1.54. The first-order valence-corrected chi connectivity index (χ1v) is 6.29. The van der Waals surface area contributed by atoms with E-state index in [1.807, 2.05) is 13.0 Å². The van der Waals surface area contributed by atoms with E-state index in [2.05, 4.69) is 10.6 Å². The van der Waals surface area contributed by atoms with Crippen molar-refractivity contribution in [3.63, 3.8) is 0 Å². The lowest BCUT2D eigenvalue weighted by molar-refractivity contribution is -0.120. The minimum atomic E-state index is -0.262. The summed E-state index contributed by atoms with van der Waals surface area (Å²) in [7, 11) is 0. The van der Waals surface area contributed by atoms with E-state index in [0.29, 0.717) is 17.9 Å². The molecular formula is C15H16N2O3. The van der Waals surface area contributed by atoms with Crippen molar-refractivity contribution in [2.45, 2.75) is 13.5 Å². The van der Waals surface area contributed by atoms with Gasteiger partial charge in [-0.1, -0.05) is 17.7 Å². The Bertz CT molecular complexity index is 591. The highest BCUT2D eigenvalue weighted by Crippen LogP contribution is 2.03. The zero-order chi connectivity index (χ0) is 14.4. The molecule has 2 aromatic rings. The van der Waals surface area contributed by atoms with Gasteiger partial charge >= 0.3 is 0 Å². The molecule has 0 unspecified atom stereocenters. The van der Waals surface area contributed by atoms with Crippen molar-refractivity contribution in [3.05, 3.63) is 59.5 Å². The molecule has 0 aliphatic rings. The Labute approximate surface area is 117 Å². The van der Waals surface area contributed by atoms with E-state index in [-0.39, 0.29) is 18.4 Å². The standard InChI is InChI=1S/C15H16N2O3/c1-11-4-2-5-12(8-11)15(19)17-10-14(18)16-9-13-6-3-7-20-13/h2-8H,9-10H2,1H3,(H,16,18)(H,17,19). The zero-order valence-corrected chi connectivity index (χ0v) is 11.2. The SMILES string of the molecule is Cc1cccc(C(=O)NCC(=O)NCc2ccco2)c1. The summed E-state index contributed by atoms with van der Waals surface area (Å²) in [5, 5.41) is 5.23. The van der Waals surface area contributed by atoms with E-state index in [4.69, 9.17) is 4.42 Å². The molecule has 1 aromatic heterocycles. The molecule has 0 saturated heterocycles. The lowest BCUT2D eigenvalue weighted by Crippen LogP contribution is -2.36. The normalized spacial score (nSPS) is 10.1. The second-order valence-electron chi connectivity index (χ2n) is 4.41. The third-order valence-corrected chi connectivity index (χ3v) is 2.73. The average Bonchev–Trinajstić information content (AvgIpc) is 2.95. The third kappa shape index (κ3) is 3.98. The smallest absolute Gasteiger partial charge is 0.251 e. The molecule has 2 rings (SSSR count). The van der Waals surface area contributed by atoms with Crippen molar-refractivity contribution in [3.8, 4) is 0 Å². The molecule has 0 aliphatic carbocycles. The number of carbonyl (C=O) groups is 2. The molecule has 0 saturated carbocycles. The summed E-state index contributed by atoms with van der Waals surface area (Å²) in [6, 6.07) is 10.7. The van der Waals surface area contributed by atoms with E-state index >= 15 is 0 Å². The summed E-state index contributed by atoms with van der Waals surface area (Å²) in [6.45, 7) is 2.16. The molecular weight excluding hydrogens is 256 g/mol. The van der Waals surface area contributed by atoms with Gasteiger partial charge in [0.2, 0.25) is 5.91 Å². The van der Waals surface area contributed by atoms with Gasteiger partial charge in [-0.2, -0.15) is 0 Å². The molecule has 2 N–H and O–H groups in total. The Morgan fingerprint density at radius 2 is 2.00 bits per heavy atom. The van der Waals surface area contributed by atoms with Gasteiger partial charge in [0.05, 0.1) is 19.4 Å². The number of nitrogens with one attached hydrogen (secondary N) is 2. The molecule has 0 radical (unpaired) electrons. The second kappa shape index (κ2) is 6.56. The highest BCUT2D eigenvalue weighted by Gasteiger charge is 2.08. The first-order valence-electron chi connectivity index (χ1n) is 6.29. The van der Waals surface area contributed by atoms with Gasteiger partial charge in [0.25, 0.3) is 5.91 Å². The van der Waals surface area contributed by atoms with Gasteiger partial charge in [0.15, 0.2) is 0 Å². The minimum Gasteiger partial charge on any atom is -0.467 e. The quantitative estimate of drug-likeness (QED) is 0.869. The summed E-state index contributed by atoms with van der Waals surface area (Å²) in [4.78, 5) is 23.4. The number of benzene rings is 1. The molecule has 2 amide bonds. The van der Waals surface area contributed by atoms with Crippen molar-refractivity contribution in [1.29, 1.82) is 0 Å². The lowest BCUT2D eigenvalue weighted by atomic mass is 10.1. The Morgan fingerprint density at radius 1 is 1.15 bits per heavy atom. The Hall–Kier alpha value is -2.56. The molecule has 0 atom stereocenters. The topological polar surface area (TPSA) is 71.3 Å². The van der Waals surface area contributed by atoms with Crippen LogP contribution < -0.4 is 10.6 Å². The monoisotopic (exact) mass is 272 g/mol. The third-order valence-electron chi connectivity index (χ3n) is 2.73. The van der Waals surface area contributed by atoms with E-state index < -0.39 is 0 Å². The Balaban J connectivity index is 1.77. The molecule has 5 heteroatoms. The molecule has 104 valence electrons. The number of amides is 2. The predicted octanol–water partition coefficient (Wildman–Crippen LogP) is 1.63. The summed E-state index contributed by atoms with van der Waals surface area (Å²) < 4.78 is 5.09. The molecule has 1 heterocycles. The van der Waals surface area contributed by atoms with Crippen LogP contribution in [-0.2, 0) is 11.3 Å². The maximum Gasteiger partial charge on any atom is 0.251 e. The van der Waals surface area contributed by atoms with Crippen LogP contribution in [0.2, 0.25) is 0 Å². The number of aryl methyl sites for hydroxylation is 1. The highest BCUT2D eigenvalue weighted by atomic mass is 16.3. The molecule has 5 nitrogen and oxygen atoms in total. The number of furan rings is 1. The largest absolute Gasteiger partial charge is 0.467 e. The van der Waals surface area contributed by atoms with Crippen LogP contribution in [0.1, 0.15) is 21.7 Å². The van der Waals surface area contributed by atoms with E-state index in [1.54, 1.807) is 36.6 Å². The van der Waals surface area contributed by atoms with Crippen LogP contribution in [-0.4, -0.2) is 18.4 Å².